The Hall–Kier alpha value is 0.223. The van der Waals surface area contributed by atoms with Crippen molar-refractivity contribution in [2.75, 3.05) is 19.8 Å². The molecule has 0 fully saturated rings. The van der Waals surface area contributed by atoms with E-state index in [0.29, 0.717) is 19.8 Å². The molecule has 0 aliphatic heterocycles. The Balaban J connectivity index is -0.0000000884. The normalized spacial score (nSPS) is 9.73. The van der Waals surface area contributed by atoms with Gasteiger partial charge in [-0.25, -0.2) is 12.1 Å². The maximum atomic E-state index is 10.9. The van der Waals surface area contributed by atoms with Crippen LogP contribution in [0.4, 0.5) is 26.3 Å². The fraction of sp³-hybridized carbons (Fsp3) is 0.737. The molecular weight excluding hydrogens is 641 g/mol. The molecule has 0 saturated carbocycles. The molecule has 0 aliphatic rings. The molecule has 181 valence electrons. The van der Waals surface area contributed by atoms with Crippen molar-refractivity contribution in [3.63, 3.8) is 0 Å². The first-order valence-electron chi connectivity index (χ1n) is 9.45. The second-order valence-corrected chi connectivity index (χ2v) is 8.77. The summed E-state index contributed by atoms with van der Waals surface area (Å²) in [6.45, 7) is 7.19. The first kappa shape index (κ1) is 40.6. The van der Waals surface area contributed by atoms with Gasteiger partial charge in [0.1, 0.15) is 0 Å². The van der Waals surface area contributed by atoms with Gasteiger partial charge in [0.05, 0.1) is 0 Å². The minimum absolute atomic E-state index is 0. The molecule has 0 bridgehead atoms. The smallest absolute Gasteiger partial charge is 0 e. The van der Waals surface area contributed by atoms with Crippen LogP contribution in [-0.4, -0.2) is 60.6 Å². The summed E-state index contributed by atoms with van der Waals surface area (Å²) in [6, 6.07) is 10.0. The van der Waals surface area contributed by atoms with Gasteiger partial charge in [-0.2, -0.15) is 18.2 Å². The monoisotopic (exact) mass is 680 g/mol. The van der Waals surface area contributed by atoms with Crippen molar-refractivity contribution in [1.29, 1.82) is 0 Å². The largest absolute Gasteiger partial charge is 0.214 e. The first-order valence-corrected chi connectivity index (χ1v) is 11.9. The van der Waals surface area contributed by atoms with Crippen LogP contribution in [0.15, 0.2) is 30.3 Å². The Bertz CT molecular complexity index is 315. The van der Waals surface area contributed by atoms with Gasteiger partial charge in [0, 0.05) is 45.7 Å². The zero-order valence-corrected chi connectivity index (χ0v) is 24.0. The molecule has 1 radical (unpaired) electrons. The molecule has 0 heterocycles. The van der Waals surface area contributed by atoms with Gasteiger partial charge in [0.25, 0.3) is 0 Å². The van der Waals surface area contributed by atoms with E-state index in [1.165, 1.54) is 0 Å². The van der Waals surface area contributed by atoms with Gasteiger partial charge in [-0.15, -0.1) is 0 Å². The van der Waals surface area contributed by atoms with E-state index in [0.717, 1.165) is 38.5 Å². The van der Waals surface area contributed by atoms with Gasteiger partial charge >= 0.3 is 51.8 Å². The van der Waals surface area contributed by atoms with Crippen LogP contribution in [0, 0.1) is 0 Å². The summed E-state index contributed by atoms with van der Waals surface area (Å²) in [5, 5.41) is 14.2. The van der Waals surface area contributed by atoms with Gasteiger partial charge < -0.3 is 15.3 Å². The number of hydrogen-bond acceptors (Lipinski definition) is 3. The van der Waals surface area contributed by atoms with Gasteiger partial charge in [0.15, 0.2) is 0 Å². The van der Waals surface area contributed by atoms with E-state index < -0.39 is 25.4 Å². The molecule has 1 aromatic carbocycles. The molecule has 3 nitrogen and oxygen atoms in total. The van der Waals surface area contributed by atoms with Crippen LogP contribution in [0.25, 0.3) is 0 Å². The fourth-order valence-corrected chi connectivity index (χ4v) is 1.76. The predicted octanol–water partition coefficient (Wildman–Crippen LogP) is 5.20. The zero-order chi connectivity index (χ0) is 23.6. The predicted molar refractivity (Wildman–Crippen MR) is 107 cm³/mol. The maximum Gasteiger partial charge on any atom is 0 e. The third-order valence-corrected chi connectivity index (χ3v) is 3.79. The SMILES string of the molecule is CCCCO.CCCCO.CCCCO.F[C](F)(F)[GeH][C](F)(F)F.[Hf].c1cc[cH-]c1. The van der Waals surface area contributed by atoms with E-state index in [-0.39, 0.29) is 25.8 Å². The third kappa shape index (κ3) is 70.5. The Morgan fingerprint density at radius 2 is 0.933 bits per heavy atom. The van der Waals surface area contributed by atoms with Crippen molar-refractivity contribution in [3.8, 4) is 0 Å². The average Bonchev–Trinajstić information content (AvgIpc) is 3.15. The molecule has 11 heteroatoms. The molecule has 0 unspecified atom stereocenters. The zero-order valence-electron chi connectivity index (χ0n) is 17.9. The molecule has 0 aliphatic carbocycles. The molecule has 1 rings (SSSR count). The van der Waals surface area contributed by atoms with E-state index in [9.17, 15) is 26.3 Å². The first-order chi connectivity index (χ1) is 13.4. The summed E-state index contributed by atoms with van der Waals surface area (Å²) in [7, 11) is 0. The van der Waals surface area contributed by atoms with Crippen LogP contribution >= 0.6 is 0 Å². The van der Waals surface area contributed by atoms with Crippen LogP contribution in [0.2, 0.25) is 0 Å². The molecule has 3 N–H and O–H groups in total. The summed E-state index contributed by atoms with van der Waals surface area (Å²) >= 11 is -4.06. The van der Waals surface area contributed by atoms with Crippen molar-refractivity contribution in [2.24, 2.45) is 0 Å². The Kier molecular flexibility index (Phi) is 42.5. The Labute approximate surface area is 201 Å². The summed E-state index contributed by atoms with van der Waals surface area (Å²) in [4.78, 5) is 0. The van der Waals surface area contributed by atoms with Gasteiger partial charge in [-0.05, 0) is 19.3 Å². The van der Waals surface area contributed by atoms with Crippen molar-refractivity contribution in [2.45, 2.75) is 69.3 Å². The third-order valence-electron chi connectivity index (χ3n) is 2.42. The second kappa shape index (κ2) is 31.4. The standard InChI is InChI=1S/C5H5.3C4H10O.C2HF6Ge.Hf/c1-2-4-5-3-1;3*1-2-3-4-5;3-1(4,5)9-2(6,7)8;/h1-5H;3*5H,2-4H2,1H3;9H;/q-1;;;;;. The van der Waals surface area contributed by atoms with Crippen LogP contribution in [0.3, 0.4) is 0 Å². The number of alkyl halides is 6. The molecule has 0 atom stereocenters. The number of aliphatic hydroxyl groups excluding tert-OH is 3. The summed E-state index contributed by atoms with van der Waals surface area (Å²) < 4.78 is 65.4. The van der Waals surface area contributed by atoms with Crippen molar-refractivity contribution in [3.05, 3.63) is 30.3 Å². The fourth-order valence-electron chi connectivity index (χ4n) is 0.981. The van der Waals surface area contributed by atoms with Crippen LogP contribution in [-0.2, 0) is 25.8 Å². The van der Waals surface area contributed by atoms with Crippen molar-refractivity contribution in [1.82, 2.24) is 0 Å². The van der Waals surface area contributed by atoms with E-state index in [1.54, 1.807) is 0 Å². The van der Waals surface area contributed by atoms with Crippen molar-refractivity contribution < 1.29 is 67.5 Å². The second-order valence-electron chi connectivity index (χ2n) is 5.42. The number of halogens is 6. The van der Waals surface area contributed by atoms with E-state index in [2.05, 4.69) is 20.8 Å². The van der Waals surface area contributed by atoms with E-state index in [1.807, 2.05) is 30.3 Å². The molecule has 0 spiro atoms. The molecular formula is C19H36F6GeHfO3-. The topological polar surface area (TPSA) is 60.7 Å². The van der Waals surface area contributed by atoms with E-state index in [4.69, 9.17) is 15.3 Å². The molecule has 1 aromatic rings. The van der Waals surface area contributed by atoms with Crippen LogP contribution < -0.4 is 0 Å². The summed E-state index contributed by atoms with van der Waals surface area (Å²) in [5.41, 5.74) is 0. The maximum absolute atomic E-state index is 10.9. The number of aliphatic hydroxyl groups is 3. The van der Waals surface area contributed by atoms with Gasteiger partial charge in [-0.3, -0.25) is 0 Å². The Morgan fingerprint density at radius 1 is 0.667 bits per heavy atom. The number of unbranched alkanes of at least 4 members (excludes halogenated alkanes) is 3. The molecule has 30 heavy (non-hydrogen) atoms. The average molecular weight is 678 g/mol. The minimum Gasteiger partial charge on any atom is -0.214 e. The Morgan fingerprint density at radius 3 is 0.967 bits per heavy atom. The minimum atomic E-state index is -4.98. The van der Waals surface area contributed by atoms with Crippen LogP contribution in [0.5, 0.6) is 0 Å². The van der Waals surface area contributed by atoms with Gasteiger partial charge in [-0.1, -0.05) is 40.0 Å². The van der Waals surface area contributed by atoms with E-state index >= 15 is 0 Å². The number of rotatable bonds is 6. The van der Waals surface area contributed by atoms with Crippen molar-refractivity contribution >= 4 is 15.4 Å². The summed E-state index contributed by atoms with van der Waals surface area (Å²) in [6.07, 6.45) is 6.11. The molecule has 0 saturated heterocycles. The molecule has 0 amide bonds. The summed E-state index contributed by atoms with van der Waals surface area (Å²) in [5.74, 6) is 0. The molecule has 0 aromatic heterocycles. The van der Waals surface area contributed by atoms with Gasteiger partial charge in [0.2, 0.25) is 0 Å². The van der Waals surface area contributed by atoms with Crippen LogP contribution in [0.1, 0.15) is 59.3 Å². The number of hydrogen-bond donors (Lipinski definition) is 3. The quantitative estimate of drug-likeness (QED) is 0.221.